The van der Waals surface area contributed by atoms with Crippen LogP contribution in [0.3, 0.4) is 0 Å². The van der Waals surface area contributed by atoms with Gasteiger partial charge in [-0.25, -0.2) is 19.4 Å². The van der Waals surface area contributed by atoms with Crippen LogP contribution in [0.1, 0.15) is 48.6 Å². The summed E-state index contributed by atoms with van der Waals surface area (Å²) < 4.78 is 6.45. The number of nitrogens with zero attached hydrogens (tertiary/aromatic N) is 4. The molecule has 0 radical (unpaired) electrons. The molecule has 0 saturated heterocycles. The fraction of sp³-hybridized carbons (Fsp3) is 0.526. The van der Waals surface area contributed by atoms with Crippen molar-refractivity contribution in [3.63, 3.8) is 0 Å². The van der Waals surface area contributed by atoms with E-state index < -0.39 is 11.5 Å². The monoisotopic (exact) mass is 373 g/mol. The summed E-state index contributed by atoms with van der Waals surface area (Å²) in [5.41, 5.74) is 2.95. The Hall–Kier alpha value is -2.77. The van der Waals surface area contributed by atoms with Crippen molar-refractivity contribution in [3.8, 4) is 5.95 Å². The van der Waals surface area contributed by atoms with E-state index in [2.05, 4.69) is 20.4 Å². The van der Waals surface area contributed by atoms with Crippen molar-refractivity contribution in [2.45, 2.75) is 59.9 Å². The van der Waals surface area contributed by atoms with Crippen molar-refractivity contribution in [1.82, 2.24) is 25.1 Å². The molecule has 0 bridgehead atoms. The van der Waals surface area contributed by atoms with Gasteiger partial charge in [-0.1, -0.05) is 6.92 Å². The van der Waals surface area contributed by atoms with Gasteiger partial charge in [0.05, 0.1) is 19.2 Å². The first-order valence-corrected chi connectivity index (χ1v) is 8.88. The Balaban J connectivity index is 2.29. The van der Waals surface area contributed by atoms with E-state index in [0.717, 1.165) is 28.3 Å². The van der Waals surface area contributed by atoms with Crippen molar-refractivity contribution < 1.29 is 14.3 Å². The standard InChI is InChI=1S/C19H27N5O3/c1-8-19(6,17(26)27-7)22-16(25)10-15-13(4)23-24(14(15)5)18-20-11(2)9-12(3)21-18/h9H,8,10H2,1-7H3,(H,22,25). The first kappa shape index (κ1) is 20.5. The lowest BCUT2D eigenvalue weighted by Crippen LogP contribution is -2.52. The molecule has 1 amide bonds. The molecular weight excluding hydrogens is 346 g/mol. The second kappa shape index (κ2) is 7.85. The van der Waals surface area contributed by atoms with Crippen molar-refractivity contribution in [3.05, 3.63) is 34.4 Å². The topological polar surface area (TPSA) is 99.0 Å². The number of aryl methyl sites for hydroxylation is 3. The minimum absolute atomic E-state index is 0.106. The fourth-order valence-electron chi connectivity index (χ4n) is 2.95. The van der Waals surface area contributed by atoms with Crippen LogP contribution in [-0.4, -0.2) is 44.3 Å². The molecule has 0 aliphatic rings. The minimum atomic E-state index is -1.06. The molecule has 2 heterocycles. The number of rotatable bonds is 6. The Bertz CT molecular complexity index is 854. The van der Waals surface area contributed by atoms with Gasteiger partial charge in [0.2, 0.25) is 5.91 Å². The van der Waals surface area contributed by atoms with Gasteiger partial charge in [0.25, 0.3) is 5.95 Å². The molecule has 146 valence electrons. The number of hydrogen-bond acceptors (Lipinski definition) is 6. The molecule has 8 heteroatoms. The predicted octanol–water partition coefficient (Wildman–Crippen LogP) is 1.90. The van der Waals surface area contributed by atoms with Crippen LogP contribution in [0.2, 0.25) is 0 Å². The highest BCUT2D eigenvalue weighted by Gasteiger charge is 2.34. The molecule has 8 nitrogen and oxygen atoms in total. The molecule has 0 aromatic carbocycles. The third kappa shape index (κ3) is 4.32. The second-order valence-corrected chi connectivity index (χ2v) is 6.91. The molecule has 2 rings (SSSR count). The Morgan fingerprint density at radius 3 is 2.30 bits per heavy atom. The van der Waals surface area contributed by atoms with Gasteiger partial charge in [-0.3, -0.25) is 4.79 Å². The van der Waals surface area contributed by atoms with E-state index in [9.17, 15) is 9.59 Å². The van der Waals surface area contributed by atoms with E-state index in [4.69, 9.17) is 4.74 Å². The molecule has 0 aliphatic carbocycles. The van der Waals surface area contributed by atoms with Crippen molar-refractivity contribution >= 4 is 11.9 Å². The average molecular weight is 373 g/mol. The summed E-state index contributed by atoms with van der Waals surface area (Å²) in [6, 6.07) is 1.89. The van der Waals surface area contributed by atoms with Crippen LogP contribution in [0.5, 0.6) is 0 Å². The summed E-state index contributed by atoms with van der Waals surface area (Å²) >= 11 is 0. The summed E-state index contributed by atoms with van der Waals surface area (Å²) in [7, 11) is 1.31. The number of hydrogen-bond donors (Lipinski definition) is 1. The van der Waals surface area contributed by atoms with Crippen LogP contribution >= 0.6 is 0 Å². The fourth-order valence-corrected chi connectivity index (χ4v) is 2.95. The molecule has 1 atom stereocenters. The summed E-state index contributed by atoms with van der Waals surface area (Å²) in [5, 5.41) is 7.29. The van der Waals surface area contributed by atoms with Gasteiger partial charge in [0.1, 0.15) is 5.54 Å². The SMILES string of the molecule is CCC(C)(NC(=O)Cc1c(C)nn(-c2nc(C)cc(C)n2)c1C)C(=O)OC. The molecule has 1 unspecified atom stereocenters. The van der Waals surface area contributed by atoms with Crippen LogP contribution in [0, 0.1) is 27.7 Å². The second-order valence-electron chi connectivity index (χ2n) is 6.91. The average Bonchev–Trinajstić information content (AvgIpc) is 2.88. The maximum absolute atomic E-state index is 12.6. The van der Waals surface area contributed by atoms with Gasteiger partial charge < -0.3 is 10.1 Å². The quantitative estimate of drug-likeness (QED) is 0.777. The predicted molar refractivity (Wildman–Crippen MR) is 101 cm³/mol. The number of carbonyl (C=O) groups excluding carboxylic acids is 2. The van der Waals surface area contributed by atoms with E-state index in [0.29, 0.717) is 12.4 Å². The molecule has 2 aromatic rings. The van der Waals surface area contributed by atoms with Crippen molar-refractivity contribution in [2.24, 2.45) is 0 Å². The highest BCUT2D eigenvalue weighted by molar-refractivity contribution is 5.88. The largest absolute Gasteiger partial charge is 0.467 e. The van der Waals surface area contributed by atoms with Crippen LogP contribution < -0.4 is 5.32 Å². The Morgan fingerprint density at radius 1 is 1.19 bits per heavy atom. The summed E-state index contributed by atoms with van der Waals surface area (Å²) in [4.78, 5) is 33.4. The van der Waals surface area contributed by atoms with E-state index in [1.54, 1.807) is 11.6 Å². The first-order chi connectivity index (χ1) is 12.6. The molecule has 0 spiro atoms. The lowest BCUT2D eigenvalue weighted by molar-refractivity contribution is -0.150. The molecule has 2 aromatic heterocycles. The smallest absolute Gasteiger partial charge is 0.331 e. The molecular formula is C19H27N5O3. The molecule has 1 N–H and O–H groups in total. The van der Waals surface area contributed by atoms with E-state index in [1.807, 2.05) is 40.7 Å². The third-order valence-electron chi connectivity index (χ3n) is 4.70. The van der Waals surface area contributed by atoms with Gasteiger partial charge in [0.15, 0.2) is 0 Å². The first-order valence-electron chi connectivity index (χ1n) is 8.88. The number of carbonyl (C=O) groups is 2. The Labute approximate surface area is 159 Å². The van der Waals surface area contributed by atoms with Crippen molar-refractivity contribution in [2.75, 3.05) is 7.11 Å². The normalized spacial score (nSPS) is 13.1. The zero-order valence-corrected chi connectivity index (χ0v) is 17.0. The van der Waals surface area contributed by atoms with Crippen LogP contribution in [0.25, 0.3) is 5.95 Å². The zero-order valence-electron chi connectivity index (χ0n) is 17.0. The van der Waals surface area contributed by atoms with Crippen molar-refractivity contribution in [1.29, 1.82) is 0 Å². The number of amides is 1. The van der Waals surface area contributed by atoms with E-state index >= 15 is 0 Å². The van der Waals surface area contributed by atoms with Gasteiger partial charge in [-0.05, 0) is 47.1 Å². The number of aromatic nitrogens is 4. The van der Waals surface area contributed by atoms with E-state index in [1.165, 1.54) is 7.11 Å². The Kier molecular flexibility index (Phi) is 5.98. The molecule has 27 heavy (non-hydrogen) atoms. The third-order valence-corrected chi connectivity index (χ3v) is 4.70. The lowest BCUT2D eigenvalue weighted by atomic mass is 9.98. The maximum atomic E-state index is 12.6. The van der Waals surface area contributed by atoms with Crippen LogP contribution in [-0.2, 0) is 20.7 Å². The highest BCUT2D eigenvalue weighted by atomic mass is 16.5. The molecule has 0 aliphatic heterocycles. The maximum Gasteiger partial charge on any atom is 0.331 e. The lowest BCUT2D eigenvalue weighted by Gasteiger charge is -2.26. The number of methoxy groups -OCH3 is 1. The number of esters is 1. The summed E-state index contributed by atoms with van der Waals surface area (Å²) in [6.07, 6.45) is 0.536. The van der Waals surface area contributed by atoms with Crippen LogP contribution in [0.4, 0.5) is 0 Å². The molecule has 0 saturated carbocycles. The summed E-state index contributed by atoms with van der Waals surface area (Å²) in [5.74, 6) is -0.254. The highest BCUT2D eigenvalue weighted by Crippen LogP contribution is 2.18. The number of ether oxygens (including phenoxy) is 1. The van der Waals surface area contributed by atoms with Gasteiger partial charge >= 0.3 is 5.97 Å². The van der Waals surface area contributed by atoms with Crippen LogP contribution in [0.15, 0.2) is 6.07 Å². The number of nitrogens with one attached hydrogen (secondary N) is 1. The summed E-state index contributed by atoms with van der Waals surface area (Å²) in [6.45, 7) is 11.0. The van der Waals surface area contributed by atoms with Gasteiger partial charge in [-0.2, -0.15) is 5.10 Å². The Morgan fingerprint density at radius 2 is 1.78 bits per heavy atom. The van der Waals surface area contributed by atoms with Gasteiger partial charge in [-0.15, -0.1) is 0 Å². The van der Waals surface area contributed by atoms with E-state index in [-0.39, 0.29) is 12.3 Å². The molecule has 0 fully saturated rings. The van der Waals surface area contributed by atoms with Gasteiger partial charge in [0, 0.05) is 22.6 Å². The minimum Gasteiger partial charge on any atom is -0.467 e. The zero-order chi connectivity index (χ0) is 20.4.